The van der Waals surface area contributed by atoms with E-state index in [0.29, 0.717) is 6.42 Å². The first-order chi connectivity index (χ1) is 7.04. The van der Waals surface area contributed by atoms with Gasteiger partial charge in [-0.15, -0.1) is 0 Å². The second-order valence-electron chi connectivity index (χ2n) is 4.44. The van der Waals surface area contributed by atoms with E-state index in [0.717, 1.165) is 6.42 Å². The van der Waals surface area contributed by atoms with E-state index < -0.39 is 15.6 Å². The van der Waals surface area contributed by atoms with Crippen LogP contribution in [0.3, 0.4) is 0 Å². The van der Waals surface area contributed by atoms with Crippen LogP contribution in [0.1, 0.15) is 33.1 Å². The molecular formula is C9H13F3O3S. The minimum Gasteiger partial charge on any atom is -0.381 e. The zero-order valence-corrected chi connectivity index (χ0v) is 9.78. The molecule has 0 spiro atoms. The molecule has 0 aliphatic heterocycles. The maximum absolute atomic E-state index is 12.0. The summed E-state index contributed by atoms with van der Waals surface area (Å²) in [5, 5.41) is 0. The first-order valence-corrected chi connectivity index (χ1v) is 6.17. The molecule has 0 fully saturated rings. The van der Waals surface area contributed by atoms with Crippen molar-refractivity contribution in [3.05, 3.63) is 11.8 Å². The summed E-state index contributed by atoms with van der Waals surface area (Å²) in [5.41, 5.74) is -5.69. The second kappa shape index (κ2) is 3.94. The van der Waals surface area contributed by atoms with Crippen LogP contribution in [0.2, 0.25) is 0 Å². The van der Waals surface area contributed by atoms with Crippen LogP contribution in [-0.2, 0) is 14.3 Å². The van der Waals surface area contributed by atoms with Gasteiger partial charge in [-0.25, -0.2) is 0 Å². The lowest BCUT2D eigenvalue weighted by Crippen LogP contribution is -2.26. The van der Waals surface area contributed by atoms with E-state index in [9.17, 15) is 21.6 Å². The Bertz CT molecular complexity index is 393. The molecule has 0 radical (unpaired) electrons. The van der Waals surface area contributed by atoms with Crippen LogP contribution in [0.15, 0.2) is 11.8 Å². The normalized spacial score (nSPS) is 21.4. The molecule has 0 saturated carbocycles. The van der Waals surface area contributed by atoms with Crippen molar-refractivity contribution in [3.63, 3.8) is 0 Å². The number of alkyl halides is 3. The molecule has 0 aromatic carbocycles. The Morgan fingerprint density at radius 3 is 2.38 bits per heavy atom. The molecule has 1 rings (SSSR count). The minimum absolute atomic E-state index is 0.117. The van der Waals surface area contributed by atoms with Gasteiger partial charge in [-0.3, -0.25) is 0 Å². The molecule has 1 aliphatic carbocycles. The van der Waals surface area contributed by atoms with E-state index in [4.69, 9.17) is 0 Å². The highest BCUT2D eigenvalue weighted by Crippen LogP contribution is 2.36. The Hall–Kier alpha value is -0.720. The second-order valence-corrected chi connectivity index (χ2v) is 5.97. The van der Waals surface area contributed by atoms with Crippen molar-refractivity contribution in [2.75, 3.05) is 0 Å². The minimum atomic E-state index is -5.52. The Morgan fingerprint density at radius 1 is 1.38 bits per heavy atom. The van der Waals surface area contributed by atoms with Gasteiger partial charge in [0, 0.05) is 6.42 Å². The largest absolute Gasteiger partial charge is 0.534 e. The summed E-state index contributed by atoms with van der Waals surface area (Å²) in [7, 11) is -5.52. The summed E-state index contributed by atoms with van der Waals surface area (Å²) in [5.74, 6) is -0.117. The van der Waals surface area contributed by atoms with Crippen LogP contribution in [0, 0.1) is 5.41 Å². The summed E-state index contributed by atoms with van der Waals surface area (Å²) in [6.45, 7) is 3.63. The lowest BCUT2D eigenvalue weighted by molar-refractivity contribution is -0.0525. The van der Waals surface area contributed by atoms with Gasteiger partial charge in [0.25, 0.3) is 0 Å². The van der Waals surface area contributed by atoms with Crippen molar-refractivity contribution in [2.45, 2.75) is 38.6 Å². The van der Waals surface area contributed by atoms with Crippen LogP contribution in [0.5, 0.6) is 0 Å². The van der Waals surface area contributed by atoms with E-state index in [2.05, 4.69) is 4.18 Å². The van der Waals surface area contributed by atoms with Crippen molar-refractivity contribution in [2.24, 2.45) is 5.41 Å². The first kappa shape index (κ1) is 13.3. The molecule has 1 aliphatic rings. The summed E-state index contributed by atoms with van der Waals surface area (Å²) in [6, 6.07) is 0. The van der Waals surface area contributed by atoms with Gasteiger partial charge >= 0.3 is 15.6 Å². The molecule has 94 valence electrons. The lowest BCUT2D eigenvalue weighted by Gasteiger charge is -2.26. The van der Waals surface area contributed by atoms with Crippen molar-refractivity contribution < 1.29 is 25.8 Å². The number of allylic oxidation sites excluding steroid dienone is 2. The molecule has 0 amide bonds. The smallest absolute Gasteiger partial charge is 0.381 e. The number of hydrogen-bond donors (Lipinski definition) is 0. The van der Waals surface area contributed by atoms with Gasteiger partial charge in [0.2, 0.25) is 0 Å². The predicted molar refractivity (Wildman–Crippen MR) is 51.8 cm³/mol. The van der Waals surface area contributed by atoms with E-state index in [1.54, 1.807) is 0 Å². The molecular weight excluding hydrogens is 245 g/mol. The zero-order valence-electron chi connectivity index (χ0n) is 8.97. The Morgan fingerprint density at radius 2 is 1.94 bits per heavy atom. The van der Waals surface area contributed by atoms with Gasteiger partial charge in [-0.05, 0) is 24.3 Å². The van der Waals surface area contributed by atoms with Crippen molar-refractivity contribution >= 4 is 10.1 Å². The van der Waals surface area contributed by atoms with Gasteiger partial charge in [0.1, 0.15) is 5.76 Å². The lowest BCUT2D eigenvalue weighted by atomic mass is 9.82. The molecule has 0 atom stereocenters. The third-order valence-corrected chi connectivity index (χ3v) is 3.30. The molecule has 0 N–H and O–H groups in total. The Kier molecular flexibility index (Phi) is 3.29. The Labute approximate surface area is 92.4 Å². The first-order valence-electron chi connectivity index (χ1n) is 4.76. The fraction of sp³-hybridized carbons (Fsp3) is 0.778. The van der Waals surface area contributed by atoms with Gasteiger partial charge in [0.15, 0.2) is 0 Å². The quantitative estimate of drug-likeness (QED) is 0.565. The monoisotopic (exact) mass is 258 g/mol. The van der Waals surface area contributed by atoms with Crippen LogP contribution in [-0.4, -0.2) is 13.9 Å². The highest BCUT2D eigenvalue weighted by atomic mass is 32.2. The van der Waals surface area contributed by atoms with Gasteiger partial charge in [-0.1, -0.05) is 13.8 Å². The standard InChI is InChI=1S/C9H13F3O3S/c1-8(2)5-3-4-7(6-8)15-16(13,14)9(10,11)12/h6H,3-5H2,1-2H3. The molecule has 0 heterocycles. The molecule has 3 nitrogen and oxygen atoms in total. The topological polar surface area (TPSA) is 43.4 Å². The van der Waals surface area contributed by atoms with Gasteiger partial charge in [0.05, 0.1) is 0 Å². The number of rotatable bonds is 2. The number of halogens is 3. The van der Waals surface area contributed by atoms with Crippen LogP contribution >= 0.6 is 0 Å². The van der Waals surface area contributed by atoms with Crippen molar-refractivity contribution in [1.82, 2.24) is 0 Å². The zero-order chi connectivity index (χ0) is 12.6. The third-order valence-electron chi connectivity index (χ3n) is 2.30. The number of hydrogen-bond acceptors (Lipinski definition) is 3. The highest BCUT2D eigenvalue weighted by Gasteiger charge is 2.49. The van der Waals surface area contributed by atoms with Crippen molar-refractivity contribution in [3.8, 4) is 0 Å². The fourth-order valence-corrected chi connectivity index (χ4v) is 2.06. The van der Waals surface area contributed by atoms with Crippen molar-refractivity contribution in [1.29, 1.82) is 0 Å². The molecule has 7 heteroatoms. The van der Waals surface area contributed by atoms with E-state index in [1.165, 1.54) is 6.08 Å². The summed E-state index contributed by atoms with van der Waals surface area (Å²) < 4.78 is 61.7. The summed E-state index contributed by atoms with van der Waals surface area (Å²) in [6.07, 6.45) is 3.08. The average Bonchev–Trinajstić information content (AvgIpc) is 1.98. The maximum atomic E-state index is 12.0. The summed E-state index contributed by atoms with van der Waals surface area (Å²) >= 11 is 0. The summed E-state index contributed by atoms with van der Waals surface area (Å²) in [4.78, 5) is 0. The molecule has 0 unspecified atom stereocenters. The molecule has 0 saturated heterocycles. The van der Waals surface area contributed by atoms with Crippen LogP contribution in [0.4, 0.5) is 13.2 Å². The SMILES string of the molecule is CC1(C)C=C(OS(=O)(=O)C(F)(F)F)CCC1. The van der Waals surface area contributed by atoms with E-state index >= 15 is 0 Å². The average molecular weight is 258 g/mol. The molecule has 0 aromatic heterocycles. The fourth-order valence-electron chi connectivity index (χ4n) is 1.55. The van der Waals surface area contributed by atoms with Crippen LogP contribution in [0.25, 0.3) is 0 Å². The molecule has 0 aromatic rings. The van der Waals surface area contributed by atoms with Crippen LogP contribution < -0.4 is 0 Å². The predicted octanol–water partition coefficient (Wildman–Crippen LogP) is 2.95. The molecule has 0 bridgehead atoms. The highest BCUT2D eigenvalue weighted by molar-refractivity contribution is 7.87. The molecule has 16 heavy (non-hydrogen) atoms. The Balaban J connectivity index is 2.88. The van der Waals surface area contributed by atoms with E-state index in [1.807, 2.05) is 13.8 Å². The maximum Gasteiger partial charge on any atom is 0.534 e. The van der Waals surface area contributed by atoms with Gasteiger partial charge in [-0.2, -0.15) is 21.6 Å². The van der Waals surface area contributed by atoms with Gasteiger partial charge < -0.3 is 4.18 Å². The van der Waals surface area contributed by atoms with E-state index in [-0.39, 0.29) is 17.6 Å². The third kappa shape index (κ3) is 3.13.